The van der Waals surface area contributed by atoms with E-state index >= 15 is 0 Å². The molecule has 1 saturated carbocycles. The van der Waals surface area contributed by atoms with Crippen molar-refractivity contribution in [3.8, 4) is 5.75 Å². The number of rotatable bonds is 6. The first-order valence-electron chi connectivity index (χ1n) is 7.10. The molecular formula is C15H25N3O. The third-order valence-corrected chi connectivity index (χ3v) is 4.27. The summed E-state index contributed by atoms with van der Waals surface area (Å²) < 4.78 is 5.45. The minimum atomic E-state index is 0.309. The van der Waals surface area contributed by atoms with Crippen molar-refractivity contribution in [2.24, 2.45) is 11.8 Å². The van der Waals surface area contributed by atoms with Crippen LogP contribution < -0.4 is 16.0 Å². The molecule has 0 radical (unpaired) electrons. The van der Waals surface area contributed by atoms with Gasteiger partial charge >= 0.3 is 0 Å². The predicted octanol–water partition coefficient (Wildman–Crippen LogP) is 2.27. The van der Waals surface area contributed by atoms with Crippen molar-refractivity contribution in [1.82, 2.24) is 10.4 Å². The molecular weight excluding hydrogens is 238 g/mol. The molecule has 1 unspecified atom stereocenters. The van der Waals surface area contributed by atoms with Gasteiger partial charge in [0.2, 0.25) is 0 Å². The molecule has 2 rings (SSSR count). The van der Waals surface area contributed by atoms with E-state index in [-0.39, 0.29) is 0 Å². The first kappa shape index (κ1) is 14.3. The first-order chi connectivity index (χ1) is 9.15. The zero-order valence-corrected chi connectivity index (χ0v) is 12.2. The lowest BCUT2D eigenvalue weighted by Crippen LogP contribution is -2.39. The topological polar surface area (TPSA) is 60.2 Å². The zero-order chi connectivity index (χ0) is 13.8. The Morgan fingerprint density at radius 1 is 1.47 bits per heavy atom. The maximum atomic E-state index is 5.69. The van der Waals surface area contributed by atoms with Gasteiger partial charge in [0.25, 0.3) is 0 Å². The Morgan fingerprint density at radius 3 is 2.74 bits per heavy atom. The molecule has 1 aromatic heterocycles. The van der Waals surface area contributed by atoms with E-state index in [1.807, 2.05) is 13.1 Å². The van der Waals surface area contributed by atoms with E-state index in [4.69, 9.17) is 10.6 Å². The maximum Gasteiger partial charge on any atom is 0.128 e. The first-order valence-corrected chi connectivity index (χ1v) is 7.10. The lowest BCUT2D eigenvalue weighted by Gasteiger charge is -2.29. The summed E-state index contributed by atoms with van der Waals surface area (Å²) in [5.41, 5.74) is 6.25. The summed E-state index contributed by atoms with van der Waals surface area (Å²) in [5.74, 6) is 7.48. The molecule has 106 valence electrons. The standard InChI is InChI=1S/C15H25N3O/c1-10-9-17-14(11(2)15(10)19-3)8-13(18-16)7-12-5-4-6-12/h9,12-13,18H,4-8,16H2,1-3H3. The monoisotopic (exact) mass is 263 g/mol. The van der Waals surface area contributed by atoms with Crippen LogP contribution in [0.1, 0.15) is 42.5 Å². The van der Waals surface area contributed by atoms with E-state index in [9.17, 15) is 0 Å². The molecule has 1 fully saturated rings. The molecule has 4 heteroatoms. The summed E-state index contributed by atoms with van der Waals surface area (Å²) in [7, 11) is 1.71. The Morgan fingerprint density at radius 2 is 2.21 bits per heavy atom. The smallest absolute Gasteiger partial charge is 0.128 e. The number of ether oxygens (including phenoxy) is 1. The second-order valence-corrected chi connectivity index (χ2v) is 5.65. The number of hydrogen-bond donors (Lipinski definition) is 2. The lowest BCUT2D eigenvalue weighted by atomic mass is 9.80. The molecule has 1 aliphatic carbocycles. The predicted molar refractivity (Wildman–Crippen MR) is 77.0 cm³/mol. The fourth-order valence-electron chi connectivity index (χ4n) is 2.85. The van der Waals surface area contributed by atoms with Gasteiger partial charge in [0.15, 0.2) is 0 Å². The van der Waals surface area contributed by atoms with Crippen LogP contribution in [0, 0.1) is 19.8 Å². The molecule has 0 amide bonds. The van der Waals surface area contributed by atoms with Crippen LogP contribution in [0.3, 0.4) is 0 Å². The summed E-state index contributed by atoms with van der Waals surface area (Å²) in [6.45, 7) is 4.10. The Hall–Kier alpha value is -1.13. The summed E-state index contributed by atoms with van der Waals surface area (Å²) in [4.78, 5) is 4.55. The van der Waals surface area contributed by atoms with Gasteiger partial charge in [-0.1, -0.05) is 19.3 Å². The summed E-state index contributed by atoms with van der Waals surface area (Å²) in [6, 6.07) is 0.309. The van der Waals surface area contributed by atoms with Gasteiger partial charge in [-0.25, -0.2) is 0 Å². The van der Waals surface area contributed by atoms with Gasteiger partial charge in [-0.3, -0.25) is 16.3 Å². The summed E-state index contributed by atoms with van der Waals surface area (Å²) in [5, 5.41) is 0. The third kappa shape index (κ3) is 3.25. The van der Waals surface area contributed by atoms with Crippen LogP contribution >= 0.6 is 0 Å². The highest BCUT2D eigenvalue weighted by atomic mass is 16.5. The SMILES string of the molecule is COc1c(C)cnc(CC(CC2CCC2)NN)c1C. The second kappa shape index (κ2) is 6.35. The number of methoxy groups -OCH3 is 1. The van der Waals surface area contributed by atoms with E-state index in [1.165, 1.54) is 19.3 Å². The van der Waals surface area contributed by atoms with E-state index in [0.717, 1.165) is 41.3 Å². The molecule has 1 heterocycles. The summed E-state index contributed by atoms with van der Waals surface area (Å²) >= 11 is 0. The molecule has 19 heavy (non-hydrogen) atoms. The number of aryl methyl sites for hydroxylation is 1. The van der Waals surface area contributed by atoms with Crippen molar-refractivity contribution < 1.29 is 4.74 Å². The van der Waals surface area contributed by atoms with Crippen LogP contribution in [0.25, 0.3) is 0 Å². The largest absolute Gasteiger partial charge is 0.496 e. The van der Waals surface area contributed by atoms with Crippen molar-refractivity contribution in [1.29, 1.82) is 0 Å². The highest BCUT2D eigenvalue weighted by molar-refractivity contribution is 5.41. The molecule has 4 nitrogen and oxygen atoms in total. The highest BCUT2D eigenvalue weighted by Gasteiger charge is 2.23. The number of nitrogens with one attached hydrogen (secondary N) is 1. The highest BCUT2D eigenvalue weighted by Crippen LogP contribution is 2.31. The van der Waals surface area contributed by atoms with Gasteiger partial charge in [-0.2, -0.15) is 0 Å². The lowest BCUT2D eigenvalue weighted by molar-refractivity contribution is 0.259. The Balaban J connectivity index is 2.07. The number of pyridine rings is 1. The summed E-state index contributed by atoms with van der Waals surface area (Å²) in [6.07, 6.45) is 7.97. The molecule has 1 aromatic rings. The van der Waals surface area contributed by atoms with Crippen LogP contribution in [0.2, 0.25) is 0 Å². The normalized spacial score (nSPS) is 17.1. The molecule has 1 aliphatic rings. The molecule has 0 aliphatic heterocycles. The number of nitrogens with two attached hydrogens (primary N) is 1. The van der Waals surface area contributed by atoms with Gasteiger partial charge in [-0.15, -0.1) is 0 Å². The Labute approximate surface area is 115 Å². The minimum Gasteiger partial charge on any atom is -0.496 e. The quantitative estimate of drug-likeness (QED) is 0.610. The second-order valence-electron chi connectivity index (χ2n) is 5.65. The number of hydrazine groups is 1. The molecule has 3 N–H and O–H groups in total. The van der Waals surface area contributed by atoms with Gasteiger partial charge in [-0.05, 0) is 26.2 Å². The fourth-order valence-corrected chi connectivity index (χ4v) is 2.85. The Bertz CT molecular complexity index is 430. The van der Waals surface area contributed by atoms with Crippen LogP contribution in [0.5, 0.6) is 5.75 Å². The fraction of sp³-hybridized carbons (Fsp3) is 0.667. The molecule has 0 saturated heterocycles. The maximum absolute atomic E-state index is 5.69. The van der Waals surface area contributed by atoms with Crippen molar-refractivity contribution in [2.75, 3.05) is 7.11 Å². The van der Waals surface area contributed by atoms with Gasteiger partial charge in [0, 0.05) is 35.5 Å². The number of hydrogen-bond acceptors (Lipinski definition) is 4. The van der Waals surface area contributed by atoms with Crippen LogP contribution in [0.15, 0.2) is 6.20 Å². The average molecular weight is 263 g/mol. The van der Waals surface area contributed by atoms with Gasteiger partial charge in [0.1, 0.15) is 5.75 Å². The molecule has 0 spiro atoms. The van der Waals surface area contributed by atoms with Crippen molar-refractivity contribution in [2.45, 2.75) is 52.0 Å². The van der Waals surface area contributed by atoms with E-state index in [0.29, 0.717) is 6.04 Å². The number of aromatic nitrogens is 1. The Kier molecular flexibility index (Phi) is 4.77. The number of nitrogens with zero attached hydrogens (tertiary/aromatic N) is 1. The average Bonchev–Trinajstić information content (AvgIpc) is 2.35. The van der Waals surface area contributed by atoms with Crippen molar-refractivity contribution >= 4 is 0 Å². The molecule has 0 bridgehead atoms. The van der Waals surface area contributed by atoms with Crippen LogP contribution in [-0.2, 0) is 6.42 Å². The molecule has 0 aromatic carbocycles. The molecule has 1 atom stereocenters. The van der Waals surface area contributed by atoms with Gasteiger partial charge < -0.3 is 4.74 Å². The zero-order valence-electron chi connectivity index (χ0n) is 12.2. The van der Waals surface area contributed by atoms with Crippen molar-refractivity contribution in [3.05, 3.63) is 23.0 Å². The minimum absolute atomic E-state index is 0.309. The van der Waals surface area contributed by atoms with Crippen molar-refractivity contribution in [3.63, 3.8) is 0 Å². The van der Waals surface area contributed by atoms with E-state index in [1.54, 1.807) is 7.11 Å². The third-order valence-electron chi connectivity index (χ3n) is 4.27. The van der Waals surface area contributed by atoms with Crippen LogP contribution in [-0.4, -0.2) is 18.1 Å². The van der Waals surface area contributed by atoms with E-state index in [2.05, 4.69) is 17.3 Å². The van der Waals surface area contributed by atoms with Crippen LogP contribution in [0.4, 0.5) is 0 Å². The van der Waals surface area contributed by atoms with E-state index < -0.39 is 0 Å². The van der Waals surface area contributed by atoms with Gasteiger partial charge in [0.05, 0.1) is 7.11 Å².